The van der Waals surface area contributed by atoms with E-state index in [0.717, 1.165) is 6.07 Å². The van der Waals surface area contributed by atoms with Gasteiger partial charge in [-0.25, -0.2) is 26.4 Å². The Bertz CT molecular complexity index is 1340. The molecule has 40 heavy (non-hydrogen) atoms. The van der Waals surface area contributed by atoms with Gasteiger partial charge in [0.15, 0.2) is 27.3 Å². The lowest BCUT2D eigenvalue weighted by Gasteiger charge is -2.40. The molecule has 0 aromatic heterocycles. The van der Waals surface area contributed by atoms with E-state index in [-0.39, 0.29) is 58.4 Å². The summed E-state index contributed by atoms with van der Waals surface area (Å²) in [5.74, 6) is -6.06. The van der Waals surface area contributed by atoms with Crippen LogP contribution in [0.15, 0.2) is 35.2 Å². The number of sulfone groups is 1. The van der Waals surface area contributed by atoms with Crippen LogP contribution in [0.5, 0.6) is 0 Å². The topological polar surface area (TPSA) is 145 Å². The molecule has 220 valence electrons. The zero-order valence-electron chi connectivity index (χ0n) is 21.8. The number of urea groups is 1. The lowest BCUT2D eigenvalue weighted by atomic mass is 9.76. The number of carbonyl (C=O) groups is 2. The molecule has 14 heteroatoms. The van der Waals surface area contributed by atoms with E-state index < -0.39 is 57.2 Å². The summed E-state index contributed by atoms with van der Waals surface area (Å²) in [6.45, 7) is 3.02. The van der Waals surface area contributed by atoms with Crippen molar-refractivity contribution < 1.29 is 41.4 Å². The SMILES string of the molecule is CCC1C[C@@H](S(=O)(=O)c2cc(C(=O)Nc3cc(F)c(F)c(F)c3)ccc2Cl)C[C@H](C)C1NC(=O)NCC(O)CO. The fourth-order valence-corrected chi connectivity index (χ4v) is 7.38. The number of aliphatic hydroxyl groups excluding tert-OH is 2. The summed E-state index contributed by atoms with van der Waals surface area (Å²) < 4.78 is 67.7. The van der Waals surface area contributed by atoms with Crippen LogP contribution in [0.25, 0.3) is 0 Å². The van der Waals surface area contributed by atoms with Crippen molar-refractivity contribution >= 4 is 39.1 Å². The van der Waals surface area contributed by atoms with Gasteiger partial charge >= 0.3 is 6.03 Å². The first-order valence-corrected chi connectivity index (χ1v) is 14.5. The molecule has 0 heterocycles. The maximum Gasteiger partial charge on any atom is 0.315 e. The lowest BCUT2D eigenvalue weighted by molar-refractivity contribution is 0.0952. The lowest BCUT2D eigenvalue weighted by Crippen LogP contribution is -2.53. The molecular formula is C26H31ClF3N3O6S. The molecule has 0 bridgehead atoms. The first-order chi connectivity index (χ1) is 18.8. The third kappa shape index (κ3) is 7.25. The van der Waals surface area contributed by atoms with E-state index in [4.69, 9.17) is 16.7 Å². The minimum atomic E-state index is -4.06. The highest BCUT2D eigenvalue weighted by atomic mass is 35.5. The van der Waals surface area contributed by atoms with E-state index in [1.54, 1.807) is 0 Å². The Morgan fingerprint density at radius 2 is 1.77 bits per heavy atom. The maximum absolute atomic E-state index is 13.7. The first-order valence-electron chi connectivity index (χ1n) is 12.6. The van der Waals surface area contributed by atoms with E-state index in [0.29, 0.717) is 18.6 Å². The van der Waals surface area contributed by atoms with Gasteiger partial charge in [0.25, 0.3) is 5.91 Å². The van der Waals surface area contributed by atoms with E-state index in [1.807, 2.05) is 13.8 Å². The summed E-state index contributed by atoms with van der Waals surface area (Å²) >= 11 is 6.24. The molecule has 0 saturated heterocycles. The van der Waals surface area contributed by atoms with E-state index in [2.05, 4.69) is 16.0 Å². The van der Waals surface area contributed by atoms with Gasteiger partial charge in [-0.1, -0.05) is 31.9 Å². The molecular weight excluding hydrogens is 575 g/mol. The molecule has 2 aromatic rings. The summed E-state index contributed by atoms with van der Waals surface area (Å²) in [6.07, 6.45) is -0.161. The highest BCUT2D eigenvalue weighted by Crippen LogP contribution is 2.39. The maximum atomic E-state index is 13.7. The number of hydrogen-bond acceptors (Lipinski definition) is 6. The number of anilines is 1. The molecule has 1 aliphatic carbocycles. The smallest absolute Gasteiger partial charge is 0.315 e. The Morgan fingerprint density at radius 1 is 1.12 bits per heavy atom. The largest absolute Gasteiger partial charge is 0.394 e. The summed E-state index contributed by atoms with van der Waals surface area (Å²) in [4.78, 5) is 24.8. The quantitative estimate of drug-likeness (QED) is 0.276. The van der Waals surface area contributed by atoms with Gasteiger partial charge in [0.2, 0.25) is 0 Å². The standard InChI is InChI=1S/C26H31ClF3N3O6S/c1-3-14-7-18(6-13(2)24(14)33-26(37)31-11-17(35)12-34)40(38,39)22-8-15(4-5-19(22)27)25(36)32-16-9-20(28)23(30)21(29)10-16/h4-5,8-10,13-14,17-18,24,34-35H,3,6-7,11-12H2,1-2H3,(H,32,36)(H2,31,33,37)/t13-,14?,17?,18-,24?/m0/s1. The zero-order valence-corrected chi connectivity index (χ0v) is 23.3. The summed E-state index contributed by atoms with van der Waals surface area (Å²) in [5.41, 5.74) is -0.508. The number of hydrogen-bond donors (Lipinski definition) is 5. The molecule has 0 radical (unpaired) electrons. The van der Waals surface area contributed by atoms with Crippen molar-refractivity contribution in [2.45, 2.75) is 55.4 Å². The fourth-order valence-electron chi connectivity index (χ4n) is 4.89. The molecule has 2 aromatic carbocycles. The highest BCUT2D eigenvalue weighted by Gasteiger charge is 2.42. The number of rotatable bonds is 9. The molecule has 0 spiro atoms. The number of aliphatic hydroxyl groups is 2. The van der Waals surface area contributed by atoms with Crippen molar-refractivity contribution in [2.24, 2.45) is 11.8 Å². The van der Waals surface area contributed by atoms with Crippen molar-refractivity contribution in [2.75, 3.05) is 18.5 Å². The fraction of sp³-hybridized carbons (Fsp3) is 0.462. The molecule has 3 amide bonds. The van der Waals surface area contributed by atoms with Gasteiger partial charge in [-0.2, -0.15) is 0 Å². The van der Waals surface area contributed by atoms with Gasteiger partial charge < -0.3 is 26.2 Å². The number of carbonyl (C=O) groups excluding carboxylic acids is 2. The minimum absolute atomic E-state index is 0.113. The molecule has 1 saturated carbocycles. The average molecular weight is 606 g/mol. The van der Waals surface area contributed by atoms with E-state index >= 15 is 0 Å². The third-order valence-electron chi connectivity index (χ3n) is 7.03. The van der Waals surface area contributed by atoms with Gasteiger partial charge in [0.05, 0.1) is 27.9 Å². The minimum Gasteiger partial charge on any atom is -0.394 e. The van der Waals surface area contributed by atoms with Crippen LogP contribution in [0.4, 0.5) is 23.7 Å². The summed E-state index contributed by atoms with van der Waals surface area (Å²) in [7, 11) is -4.06. The van der Waals surface area contributed by atoms with Gasteiger partial charge in [0.1, 0.15) is 0 Å². The Kier molecular flexibility index (Phi) is 10.4. The molecule has 1 aliphatic rings. The second-order valence-electron chi connectivity index (χ2n) is 9.85. The molecule has 0 aliphatic heterocycles. The van der Waals surface area contributed by atoms with Gasteiger partial charge in [-0.3, -0.25) is 4.79 Å². The van der Waals surface area contributed by atoms with Crippen LogP contribution in [-0.2, 0) is 9.84 Å². The zero-order chi connectivity index (χ0) is 29.8. The second kappa shape index (κ2) is 13.2. The van der Waals surface area contributed by atoms with Crippen LogP contribution in [-0.4, -0.2) is 61.1 Å². The van der Waals surface area contributed by atoms with Crippen LogP contribution >= 0.6 is 11.6 Å². The van der Waals surface area contributed by atoms with Crippen LogP contribution in [0, 0.1) is 29.3 Å². The Balaban J connectivity index is 1.79. The van der Waals surface area contributed by atoms with Crippen molar-refractivity contribution in [3.8, 4) is 0 Å². The molecule has 5 N–H and O–H groups in total. The molecule has 3 unspecified atom stereocenters. The van der Waals surface area contributed by atoms with Crippen molar-refractivity contribution in [1.29, 1.82) is 0 Å². The Labute approximate surface area is 235 Å². The third-order valence-corrected chi connectivity index (χ3v) is 9.69. The van der Waals surface area contributed by atoms with Gasteiger partial charge in [-0.15, -0.1) is 0 Å². The molecule has 1 fully saturated rings. The first kappa shape index (κ1) is 31.7. The number of halogens is 4. The van der Waals surface area contributed by atoms with Gasteiger partial charge in [0, 0.05) is 36.0 Å². The number of amides is 3. The highest BCUT2D eigenvalue weighted by molar-refractivity contribution is 7.92. The number of nitrogens with one attached hydrogen (secondary N) is 3. The van der Waals surface area contributed by atoms with E-state index in [1.165, 1.54) is 12.1 Å². The summed E-state index contributed by atoms with van der Waals surface area (Å²) in [5, 5.41) is 24.9. The molecule has 3 rings (SSSR count). The van der Waals surface area contributed by atoms with Crippen LogP contribution in [0.2, 0.25) is 5.02 Å². The number of benzene rings is 2. The van der Waals surface area contributed by atoms with Crippen molar-refractivity contribution in [3.05, 3.63) is 58.4 Å². The Morgan fingerprint density at radius 3 is 2.38 bits per heavy atom. The van der Waals surface area contributed by atoms with Gasteiger partial charge in [-0.05, 0) is 42.9 Å². The van der Waals surface area contributed by atoms with Crippen LogP contribution < -0.4 is 16.0 Å². The summed E-state index contributed by atoms with van der Waals surface area (Å²) in [6, 6.07) is 3.85. The second-order valence-corrected chi connectivity index (χ2v) is 12.5. The normalized spacial score (nSPS) is 21.9. The molecule has 9 nitrogen and oxygen atoms in total. The predicted molar refractivity (Wildman–Crippen MR) is 142 cm³/mol. The molecule has 5 atom stereocenters. The van der Waals surface area contributed by atoms with Crippen LogP contribution in [0.3, 0.4) is 0 Å². The monoisotopic (exact) mass is 605 g/mol. The van der Waals surface area contributed by atoms with Crippen molar-refractivity contribution in [1.82, 2.24) is 10.6 Å². The van der Waals surface area contributed by atoms with E-state index in [9.17, 15) is 36.3 Å². The Hall–Kier alpha value is -2.87. The van der Waals surface area contributed by atoms with Crippen molar-refractivity contribution in [3.63, 3.8) is 0 Å². The predicted octanol–water partition coefficient (Wildman–Crippen LogP) is 3.63. The van der Waals surface area contributed by atoms with Crippen LogP contribution in [0.1, 0.15) is 43.5 Å². The average Bonchev–Trinajstić information content (AvgIpc) is 2.91.